The van der Waals surface area contributed by atoms with Crippen LogP contribution < -0.4 is 33.2 Å². The fourth-order valence-corrected chi connectivity index (χ4v) is 3.09. The molecule has 1 heterocycles. The summed E-state index contributed by atoms with van der Waals surface area (Å²) in [5.41, 5.74) is 16.7. The van der Waals surface area contributed by atoms with Gasteiger partial charge in [0, 0.05) is 18.3 Å². The number of rotatable bonds is 16. The van der Waals surface area contributed by atoms with Crippen molar-refractivity contribution < 1.29 is 34.2 Å². The van der Waals surface area contributed by atoms with Crippen LogP contribution in [-0.2, 0) is 30.4 Å². The lowest BCUT2D eigenvalue weighted by atomic mass is 10.0. The Balaban J connectivity index is 3.06. The van der Waals surface area contributed by atoms with E-state index in [9.17, 15) is 34.2 Å². The van der Waals surface area contributed by atoms with Crippen LogP contribution in [-0.4, -0.2) is 86.6 Å². The number of aliphatic hydroxyl groups excluding tert-OH is 1. The number of imidazole rings is 1. The largest absolute Gasteiger partial charge is 0.480 e. The first-order valence-corrected chi connectivity index (χ1v) is 11.0. The number of unbranched alkanes of at least 4 members (excludes halogenated alkanes) is 1. The maximum absolute atomic E-state index is 13.1. The maximum Gasteiger partial charge on any atom is 0.328 e. The lowest BCUT2D eigenvalue weighted by molar-refractivity contribution is -0.145. The van der Waals surface area contributed by atoms with E-state index >= 15 is 0 Å². The highest BCUT2D eigenvalue weighted by Crippen LogP contribution is 2.06. The Morgan fingerprint density at radius 1 is 1.06 bits per heavy atom. The van der Waals surface area contributed by atoms with Crippen LogP contribution in [0.15, 0.2) is 12.5 Å². The molecular formula is C20H34N8O7. The van der Waals surface area contributed by atoms with Gasteiger partial charge in [-0.3, -0.25) is 19.2 Å². The first-order chi connectivity index (χ1) is 16.5. The Morgan fingerprint density at radius 3 is 2.20 bits per heavy atom. The van der Waals surface area contributed by atoms with E-state index in [4.69, 9.17) is 17.2 Å². The number of aromatic nitrogens is 2. The highest BCUT2D eigenvalue weighted by atomic mass is 16.4. The Hall–Kier alpha value is -3.56. The van der Waals surface area contributed by atoms with Crippen LogP contribution in [0, 0.1) is 0 Å². The summed E-state index contributed by atoms with van der Waals surface area (Å²) < 4.78 is 0. The molecule has 15 heteroatoms. The van der Waals surface area contributed by atoms with Crippen molar-refractivity contribution in [1.82, 2.24) is 25.9 Å². The van der Waals surface area contributed by atoms with Crippen LogP contribution in [0.25, 0.3) is 0 Å². The molecule has 0 aromatic carbocycles. The van der Waals surface area contributed by atoms with Gasteiger partial charge in [0.1, 0.15) is 12.1 Å². The summed E-state index contributed by atoms with van der Waals surface area (Å²) in [6, 6.07) is -5.30. The van der Waals surface area contributed by atoms with Gasteiger partial charge in [-0.25, -0.2) is 9.78 Å². The molecule has 15 nitrogen and oxygen atoms in total. The number of nitrogens with zero attached hydrogens (tertiary/aromatic N) is 1. The third kappa shape index (κ3) is 10.5. The van der Waals surface area contributed by atoms with Gasteiger partial charge in [-0.1, -0.05) is 0 Å². The zero-order valence-corrected chi connectivity index (χ0v) is 19.4. The minimum atomic E-state index is -1.62. The normalized spacial score (nSPS) is 15.2. The molecule has 1 rings (SSSR count). The van der Waals surface area contributed by atoms with Gasteiger partial charge in [-0.15, -0.1) is 0 Å². The zero-order chi connectivity index (χ0) is 26.5. The van der Waals surface area contributed by atoms with Crippen LogP contribution in [0.1, 0.15) is 38.3 Å². The highest BCUT2D eigenvalue weighted by molar-refractivity contribution is 5.95. The van der Waals surface area contributed by atoms with E-state index in [0.29, 0.717) is 25.1 Å². The summed E-state index contributed by atoms with van der Waals surface area (Å²) in [5, 5.41) is 26.1. The number of hydrogen-bond acceptors (Lipinski definition) is 9. The number of nitrogens with two attached hydrogens (primary N) is 3. The topological polar surface area (TPSA) is 269 Å². The number of aromatic amines is 1. The second-order valence-corrected chi connectivity index (χ2v) is 8.03. The van der Waals surface area contributed by atoms with Crippen molar-refractivity contribution in [2.45, 2.75) is 69.3 Å². The Morgan fingerprint density at radius 2 is 1.69 bits per heavy atom. The van der Waals surface area contributed by atoms with Crippen LogP contribution in [0.2, 0.25) is 0 Å². The van der Waals surface area contributed by atoms with Gasteiger partial charge < -0.3 is 48.3 Å². The van der Waals surface area contributed by atoms with Gasteiger partial charge in [0.15, 0.2) is 6.04 Å². The lowest BCUT2D eigenvalue weighted by Gasteiger charge is -2.25. The van der Waals surface area contributed by atoms with Crippen molar-refractivity contribution in [1.29, 1.82) is 0 Å². The van der Waals surface area contributed by atoms with Gasteiger partial charge in [0.05, 0.1) is 24.9 Å². The Labute approximate surface area is 201 Å². The number of nitrogens with one attached hydrogen (secondary N) is 4. The minimum absolute atomic E-state index is 0.0889. The average Bonchev–Trinajstić information content (AvgIpc) is 3.28. The van der Waals surface area contributed by atoms with E-state index < -0.39 is 66.3 Å². The van der Waals surface area contributed by atoms with Gasteiger partial charge >= 0.3 is 5.97 Å². The van der Waals surface area contributed by atoms with Crippen molar-refractivity contribution in [2.24, 2.45) is 17.2 Å². The first kappa shape index (κ1) is 29.5. The number of H-pyrrole nitrogens is 1. The number of carboxylic acids is 1. The molecule has 0 spiro atoms. The number of aliphatic hydroxyl groups is 1. The minimum Gasteiger partial charge on any atom is -0.480 e. The zero-order valence-electron chi connectivity index (χ0n) is 19.4. The standard InChI is InChI=1S/C20H34N8O7/c1-10(29)16(20(34)35)28-19(33)14(6-11-8-24-9-25-11)27-18(32)13(4-2-3-5-21)26-17(31)12(22)7-15(23)30/h8-10,12-14,16,29H,2-7,21-22H2,1H3,(H2,23,30)(H,24,25)(H,26,31)(H,27,32)(H,28,33)(H,34,35). The molecular weight excluding hydrogens is 464 g/mol. The molecule has 1 aromatic rings. The average molecular weight is 499 g/mol. The number of hydrogen-bond donors (Lipinski definition) is 9. The van der Waals surface area contributed by atoms with Crippen LogP contribution >= 0.6 is 0 Å². The SMILES string of the molecule is CC(O)C(NC(=O)C(Cc1cnc[nH]1)NC(=O)C(CCCCN)NC(=O)C(N)CC(N)=O)C(=O)O. The molecule has 0 radical (unpaired) electrons. The number of carbonyl (C=O) groups is 5. The second kappa shape index (κ2) is 14.6. The van der Waals surface area contributed by atoms with E-state index in [2.05, 4.69) is 25.9 Å². The molecule has 0 aliphatic carbocycles. The van der Waals surface area contributed by atoms with Crippen molar-refractivity contribution in [2.75, 3.05) is 6.54 Å². The highest BCUT2D eigenvalue weighted by Gasteiger charge is 2.32. The third-order valence-electron chi connectivity index (χ3n) is 5.00. The number of primary amides is 1. The molecule has 0 saturated heterocycles. The summed E-state index contributed by atoms with van der Waals surface area (Å²) in [7, 11) is 0. The fraction of sp³-hybridized carbons (Fsp3) is 0.600. The van der Waals surface area contributed by atoms with Crippen molar-refractivity contribution >= 4 is 29.6 Å². The molecule has 0 fully saturated rings. The molecule has 12 N–H and O–H groups in total. The van der Waals surface area contributed by atoms with Crippen LogP contribution in [0.3, 0.4) is 0 Å². The van der Waals surface area contributed by atoms with Crippen LogP contribution in [0.4, 0.5) is 0 Å². The summed E-state index contributed by atoms with van der Waals surface area (Å²) in [6.45, 7) is 1.55. The molecule has 0 aliphatic heterocycles. The second-order valence-electron chi connectivity index (χ2n) is 8.03. The van der Waals surface area contributed by atoms with E-state index in [1.54, 1.807) is 0 Å². The lowest BCUT2D eigenvalue weighted by Crippen LogP contribution is -2.59. The number of carbonyl (C=O) groups excluding carboxylic acids is 4. The molecule has 0 saturated carbocycles. The van der Waals surface area contributed by atoms with Crippen molar-refractivity contribution in [3.8, 4) is 0 Å². The molecule has 1 aromatic heterocycles. The molecule has 0 bridgehead atoms. The maximum atomic E-state index is 13.1. The fourth-order valence-electron chi connectivity index (χ4n) is 3.09. The summed E-state index contributed by atoms with van der Waals surface area (Å²) in [4.78, 5) is 67.3. The third-order valence-corrected chi connectivity index (χ3v) is 5.00. The molecule has 35 heavy (non-hydrogen) atoms. The predicted octanol–water partition coefficient (Wildman–Crippen LogP) is -3.80. The molecule has 5 unspecified atom stereocenters. The smallest absolute Gasteiger partial charge is 0.328 e. The van der Waals surface area contributed by atoms with E-state index in [1.807, 2.05) is 0 Å². The summed E-state index contributed by atoms with van der Waals surface area (Å²) >= 11 is 0. The van der Waals surface area contributed by atoms with Gasteiger partial charge in [0.25, 0.3) is 0 Å². The quantitative estimate of drug-likeness (QED) is 0.100. The molecule has 0 aliphatic rings. The van der Waals surface area contributed by atoms with Gasteiger partial charge in [0.2, 0.25) is 23.6 Å². The van der Waals surface area contributed by atoms with E-state index in [-0.39, 0.29) is 12.8 Å². The molecule has 4 amide bonds. The van der Waals surface area contributed by atoms with Gasteiger partial charge in [-0.2, -0.15) is 0 Å². The van der Waals surface area contributed by atoms with Crippen molar-refractivity contribution in [3.63, 3.8) is 0 Å². The predicted molar refractivity (Wildman–Crippen MR) is 122 cm³/mol. The van der Waals surface area contributed by atoms with Gasteiger partial charge in [-0.05, 0) is 32.7 Å². The van der Waals surface area contributed by atoms with Crippen LogP contribution in [0.5, 0.6) is 0 Å². The Bertz CT molecular complexity index is 862. The number of amides is 4. The number of aliphatic carboxylic acids is 1. The summed E-state index contributed by atoms with van der Waals surface area (Å²) in [5.74, 6) is -4.66. The molecule has 196 valence electrons. The summed E-state index contributed by atoms with van der Waals surface area (Å²) in [6.07, 6.45) is 2.02. The van der Waals surface area contributed by atoms with Crippen molar-refractivity contribution in [3.05, 3.63) is 18.2 Å². The van der Waals surface area contributed by atoms with E-state index in [1.165, 1.54) is 19.4 Å². The number of carboxylic acid groups (broad SMARTS) is 1. The first-order valence-electron chi connectivity index (χ1n) is 11.0. The molecule has 5 atom stereocenters. The monoisotopic (exact) mass is 498 g/mol. The Kier molecular flexibility index (Phi) is 12.3. The van der Waals surface area contributed by atoms with E-state index in [0.717, 1.165) is 0 Å².